The second-order valence-corrected chi connectivity index (χ2v) is 7.08. The van der Waals surface area contributed by atoms with Gasteiger partial charge in [0.25, 0.3) is 0 Å². The Bertz CT molecular complexity index is 986. The number of alkyl halides is 1. The van der Waals surface area contributed by atoms with Crippen LogP contribution >= 0.6 is 0 Å². The Labute approximate surface area is 165 Å². The van der Waals surface area contributed by atoms with E-state index in [1.165, 1.54) is 18.5 Å². The number of halogens is 1. The number of pyridine rings is 1. The molecule has 3 aromatic rings. The van der Waals surface area contributed by atoms with Crippen LogP contribution in [0.3, 0.4) is 0 Å². The molecule has 0 atom stereocenters. The van der Waals surface area contributed by atoms with Crippen LogP contribution in [0.25, 0.3) is 11.5 Å². The van der Waals surface area contributed by atoms with Crippen molar-refractivity contribution in [3.8, 4) is 29.1 Å². The highest BCUT2D eigenvalue weighted by Crippen LogP contribution is 2.47. The van der Waals surface area contributed by atoms with E-state index in [1.807, 2.05) is 0 Å². The molecule has 4 N–H and O–H groups in total. The average molecular weight is 401 g/mol. The molecule has 2 fully saturated rings. The van der Waals surface area contributed by atoms with Gasteiger partial charge in [0.15, 0.2) is 5.76 Å². The Morgan fingerprint density at radius 3 is 2.48 bits per heavy atom. The maximum Gasteiger partial charge on any atom is 0.232 e. The lowest BCUT2D eigenvalue weighted by Crippen LogP contribution is -2.44. The van der Waals surface area contributed by atoms with Gasteiger partial charge in [-0.2, -0.15) is 0 Å². The molecule has 29 heavy (non-hydrogen) atoms. The lowest BCUT2D eigenvalue weighted by atomic mass is 9.74. The van der Waals surface area contributed by atoms with Gasteiger partial charge >= 0.3 is 0 Å². The average Bonchev–Trinajstić information content (AvgIpc) is 3.38. The van der Waals surface area contributed by atoms with Crippen LogP contribution in [0.4, 0.5) is 4.39 Å². The summed E-state index contributed by atoms with van der Waals surface area (Å²) >= 11 is 0. The molecule has 0 radical (unpaired) electrons. The van der Waals surface area contributed by atoms with Gasteiger partial charge in [-0.05, 0) is 24.5 Å². The van der Waals surface area contributed by atoms with Crippen LogP contribution in [0.2, 0.25) is 0 Å². The van der Waals surface area contributed by atoms with E-state index in [-0.39, 0.29) is 42.8 Å². The molecule has 0 unspecified atom stereocenters. The predicted molar refractivity (Wildman–Crippen MR) is 97.3 cm³/mol. The normalized spacial score (nSPS) is 23.0. The van der Waals surface area contributed by atoms with Gasteiger partial charge in [0.05, 0.1) is 12.4 Å². The molecule has 9 nitrogen and oxygen atoms in total. The van der Waals surface area contributed by atoms with Crippen molar-refractivity contribution in [1.29, 1.82) is 0 Å². The van der Waals surface area contributed by atoms with E-state index in [4.69, 9.17) is 14.0 Å². The molecule has 0 saturated heterocycles. The summed E-state index contributed by atoms with van der Waals surface area (Å²) in [6.07, 6.45) is 6.79. The van der Waals surface area contributed by atoms with Gasteiger partial charge in [-0.3, -0.25) is 0 Å². The number of aromatic nitrogens is 4. The van der Waals surface area contributed by atoms with Crippen LogP contribution in [-0.2, 0) is 5.67 Å². The van der Waals surface area contributed by atoms with Gasteiger partial charge in [-0.1, -0.05) is 5.16 Å². The second-order valence-electron chi connectivity index (χ2n) is 7.08. The van der Waals surface area contributed by atoms with Gasteiger partial charge in [0, 0.05) is 37.1 Å². The van der Waals surface area contributed by atoms with Crippen LogP contribution < -0.4 is 20.7 Å². The molecule has 3 aromatic heterocycles. The maximum atomic E-state index is 15.2. The summed E-state index contributed by atoms with van der Waals surface area (Å²) in [6.45, 7) is 0. The van der Waals surface area contributed by atoms with Crippen molar-refractivity contribution in [3.05, 3.63) is 42.4 Å². The van der Waals surface area contributed by atoms with E-state index in [2.05, 4.69) is 20.1 Å². The number of hydrogen-bond acceptors (Lipinski definition) is 8. The van der Waals surface area contributed by atoms with E-state index in [0.717, 1.165) is 12.8 Å². The van der Waals surface area contributed by atoms with Gasteiger partial charge in [-0.15, -0.1) is 0 Å². The zero-order valence-electron chi connectivity index (χ0n) is 15.7. The highest BCUT2D eigenvalue weighted by molar-refractivity contribution is 5.51. The summed E-state index contributed by atoms with van der Waals surface area (Å²) in [5.74, 6) is 0.506. The first-order valence-corrected chi connectivity index (χ1v) is 9.02. The quantitative estimate of drug-likeness (QED) is 0.664. The van der Waals surface area contributed by atoms with E-state index in [0.29, 0.717) is 17.1 Å². The molecule has 0 aromatic carbocycles. The third-order valence-electron chi connectivity index (χ3n) is 4.82. The van der Waals surface area contributed by atoms with Crippen molar-refractivity contribution in [2.24, 2.45) is 0 Å². The van der Waals surface area contributed by atoms with E-state index in [1.54, 1.807) is 18.3 Å². The number of hydrogen-bond donors (Lipinski definition) is 1. The Kier molecular flexibility index (Phi) is 4.79. The fourth-order valence-corrected chi connectivity index (χ4v) is 3.14. The third-order valence-corrected chi connectivity index (χ3v) is 4.82. The molecule has 0 aliphatic heterocycles. The number of ether oxygens (including phenoxy) is 2. The summed E-state index contributed by atoms with van der Waals surface area (Å²) in [4.78, 5) is 12.4. The van der Waals surface area contributed by atoms with Gasteiger partial charge in [0.1, 0.15) is 23.6 Å². The predicted octanol–water partition coefficient (Wildman–Crippen LogP) is 2.92. The smallest absolute Gasteiger partial charge is 0.232 e. The monoisotopic (exact) mass is 401 g/mol. The molecule has 0 spiro atoms. The molecular weight excluding hydrogens is 381 g/mol. The van der Waals surface area contributed by atoms with Crippen LogP contribution in [0.15, 0.2) is 41.3 Å². The second kappa shape index (κ2) is 7.28. The fraction of sp³-hybridized carbons (Fsp3) is 0.368. The maximum absolute atomic E-state index is 15.2. The number of quaternary nitrogens is 1. The topological polar surface area (TPSA) is 143 Å². The lowest BCUT2D eigenvalue weighted by Gasteiger charge is -2.41. The first-order valence-electron chi connectivity index (χ1n) is 9.02. The summed E-state index contributed by atoms with van der Waals surface area (Å²) < 4.78 is 31.4. The van der Waals surface area contributed by atoms with E-state index >= 15 is 4.39 Å². The van der Waals surface area contributed by atoms with Crippen molar-refractivity contribution < 1.29 is 23.5 Å². The summed E-state index contributed by atoms with van der Waals surface area (Å²) in [5, 5.41) is 14.3. The SMILES string of the molecule is [NH4+].[O-]c1cc(-c2cnc(OC3CC(F)(c4ccnc(OC5CC5)c4)C3)cn2)on1. The van der Waals surface area contributed by atoms with Crippen LogP contribution in [-0.4, -0.2) is 32.3 Å². The molecule has 0 amide bonds. The molecule has 2 aliphatic carbocycles. The standard InChI is InChI=1S/C19H17FN4O4.H3N/c20-19(11-3-4-21-17(5-11)26-12-1-2-12)7-13(8-19)27-18-10-22-14(9-23-18)15-6-16(25)24-28-15;/h3-6,9-10,12-13H,1-2,7-8H2,(H,24,25);1H3. The van der Waals surface area contributed by atoms with Gasteiger partial charge in [-0.25, -0.2) is 19.3 Å². The zero-order valence-corrected chi connectivity index (χ0v) is 15.7. The minimum Gasteiger partial charge on any atom is -0.856 e. The Balaban J connectivity index is 0.00000205. The highest BCUT2D eigenvalue weighted by atomic mass is 19.1. The minimum absolute atomic E-state index is 0. The van der Waals surface area contributed by atoms with Crippen molar-refractivity contribution in [2.75, 3.05) is 0 Å². The summed E-state index contributed by atoms with van der Waals surface area (Å²) in [7, 11) is 0. The third kappa shape index (κ3) is 3.97. The van der Waals surface area contributed by atoms with E-state index < -0.39 is 11.5 Å². The van der Waals surface area contributed by atoms with Crippen molar-refractivity contribution >= 4 is 0 Å². The molecule has 2 aliphatic rings. The summed E-state index contributed by atoms with van der Waals surface area (Å²) in [5.41, 5.74) is -0.541. The van der Waals surface area contributed by atoms with Gasteiger partial charge in [0.2, 0.25) is 11.8 Å². The summed E-state index contributed by atoms with van der Waals surface area (Å²) in [6, 6.07) is 4.57. The van der Waals surface area contributed by atoms with Crippen LogP contribution in [0.1, 0.15) is 31.2 Å². The number of rotatable bonds is 6. The minimum atomic E-state index is -1.47. The first-order chi connectivity index (χ1) is 13.6. The molecular formula is C19H20FN5O4. The largest absolute Gasteiger partial charge is 0.856 e. The number of nitrogens with zero attached hydrogens (tertiary/aromatic N) is 4. The van der Waals surface area contributed by atoms with Gasteiger partial charge < -0.3 is 25.3 Å². The Morgan fingerprint density at radius 1 is 1.03 bits per heavy atom. The lowest BCUT2D eigenvalue weighted by molar-refractivity contribution is -0.277. The van der Waals surface area contributed by atoms with Crippen molar-refractivity contribution in [1.82, 2.24) is 26.3 Å². The Morgan fingerprint density at radius 2 is 1.83 bits per heavy atom. The van der Waals surface area contributed by atoms with Crippen LogP contribution in [0, 0.1) is 0 Å². The van der Waals surface area contributed by atoms with Crippen LogP contribution in [0.5, 0.6) is 17.6 Å². The van der Waals surface area contributed by atoms with E-state index in [9.17, 15) is 5.11 Å². The first kappa shape index (κ1) is 19.1. The molecule has 2 saturated carbocycles. The molecule has 3 heterocycles. The Hall–Kier alpha value is -3.27. The van der Waals surface area contributed by atoms with Crippen molar-refractivity contribution in [2.45, 2.75) is 43.6 Å². The highest BCUT2D eigenvalue weighted by Gasteiger charge is 2.48. The zero-order chi connectivity index (χ0) is 19.1. The molecule has 152 valence electrons. The molecule has 5 rings (SSSR count). The fourth-order valence-electron chi connectivity index (χ4n) is 3.14. The molecule has 0 bridgehead atoms. The van der Waals surface area contributed by atoms with Crippen molar-refractivity contribution in [3.63, 3.8) is 0 Å². The molecule has 10 heteroatoms.